The maximum Gasteiger partial charge on any atom is 0.333 e. The molecule has 0 aliphatic heterocycles. The van der Waals surface area contributed by atoms with Crippen LogP contribution in [0.4, 0.5) is 4.39 Å². The summed E-state index contributed by atoms with van der Waals surface area (Å²) in [6.07, 6.45) is 9.94. The quantitative estimate of drug-likeness (QED) is 0.308. The molecular formula is C24H35FO3. The molecular weight excluding hydrogens is 355 g/mol. The summed E-state index contributed by atoms with van der Waals surface area (Å²) in [4.78, 5) is 11.6. The van der Waals surface area contributed by atoms with Crippen molar-refractivity contribution in [3.63, 3.8) is 0 Å². The zero-order valence-electron chi connectivity index (χ0n) is 17.4. The first-order valence-electron chi connectivity index (χ1n) is 10.7. The van der Waals surface area contributed by atoms with Gasteiger partial charge in [0.05, 0.1) is 6.61 Å². The van der Waals surface area contributed by atoms with E-state index >= 15 is 0 Å². The minimum Gasteiger partial charge on any atom is -0.462 e. The lowest BCUT2D eigenvalue weighted by atomic mass is 9.76. The SMILES string of the molecule is C=C(C)C(=O)OCC(CO)c1ccc(C2CCC(CCCCC)CC2)cc1F. The molecule has 0 radical (unpaired) electrons. The highest BCUT2D eigenvalue weighted by atomic mass is 19.1. The van der Waals surface area contributed by atoms with Crippen LogP contribution in [0, 0.1) is 11.7 Å². The lowest BCUT2D eigenvalue weighted by Gasteiger charge is -2.29. The van der Waals surface area contributed by atoms with Gasteiger partial charge in [-0.25, -0.2) is 9.18 Å². The molecule has 0 spiro atoms. The number of ether oxygens (including phenoxy) is 1. The van der Waals surface area contributed by atoms with Crippen LogP contribution >= 0.6 is 0 Å². The normalized spacial score (nSPS) is 20.6. The van der Waals surface area contributed by atoms with Gasteiger partial charge in [-0.05, 0) is 61.6 Å². The largest absolute Gasteiger partial charge is 0.462 e. The first-order chi connectivity index (χ1) is 13.5. The summed E-state index contributed by atoms with van der Waals surface area (Å²) in [5, 5.41) is 9.61. The fraction of sp³-hybridized carbons (Fsp3) is 0.625. The van der Waals surface area contributed by atoms with E-state index < -0.39 is 11.9 Å². The van der Waals surface area contributed by atoms with E-state index in [4.69, 9.17) is 4.74 Å². The molecule has 28 heavy (non-hydrogen) atoms. The van der Waals surface area contributed by atoms with E-state index in [-0.39, 0.29) is 24.6 Å². The monoisotopic (exact) mass is 390 g/mol. The maximum absolute atomic E-state index is 14.7. The highest BCUT2D eigenvalue weighted by molar-refractivity contribution is 5.86. The summed E-state index contributed by atoms with van der Waals surface area (Å²) in [6.45, 7) is 6.99. The average Bonchev–Trinajstić information content (AvgIpc) is 2.69. The second-order valence-electron chi connectivity index (χ2n) is 8.25. The Balaban J connectivity index is 1.94. The number of benzene rings is 1. The van der Waals surface area contributed by atoms with Gasteiger partial charge in [0.15, 0.2) is 0 Å². The van der Waals surface area contributed by atoms with Crippen LogP contribution in [0.5, 0.6) is 0 Å². The highest BCUT2D eigenvalue weighted by Crippen LogP contribution is 2.38. The summed E-state index contributed by atoms with van der Waals surface area (Å²) >= 11 is 0. The van der Waals surface area contributed by atoms with E-state index in [0.717, 1.165) is 24.3 Å². The Hall–Kier alpha value is -1.68. The number of carbonyl (C=O) groups excluding carboxylic acids is 1. The molecule has 1 unspecified atom stereocenters. The van der Waals surface area contributed by atoms with Gasteiger partial charge in [-0.3, -0.25) is 0 Å². The number of carbonyl (C=O) groups is 1. The number of hydrogen-bond acceptors (Lipinski definition) is 3. The van der Waals surface area contributed by atoms with Gasteiger partial charge in [0.1, 0.15) is 12.4 Å². The van der Waals surface area contributed by atoms with Crippen molar-refractivity contribution in [1.82, 2.24) is 0 Å². The third kappa shape index (κ3) is 6.44. The lowest BCUT2D eigenvalue weighted by Crippen LogP contribution is -2.18. The summed E-state index contributed by atoms with van der Waals surface area (Å²) in [5.41, 5.74) is 1.73. The molecule has 0 aromatic heterocycles. The Morgan fingerprint density at radius 1 is 1.29 bits per heavy atom. The Bertz CT molecular complexity index is 647. The molecule has 156 valence electrons. The molecule has 2 rings (SSSR count). The van der Waals surface area contributed by atoms with Crippen LogP contribution in [-0.4, -0.2) is 24.3 Å². The van der Waals surface area contributed by atoms with Gasteiger partial charge in [-0.2, -0.15) is 0 Å². The minimum atomic E-state index is -0.563. The van der Waals surface area contributed by atoms with E-state index in [9.17, 15) is 14.3 Å². The first kappa shape index (κ1) is 22.6. The smallest absolute Gasteiger partial charge is 0.333 e. The summed E-state index contributed by atoms with van der Waals surface area (Å²) in [7, 11) is 0. The number of halogens is 1. The fourth-order valence-corrected chi connectivity index (χ4v) is 4.14. The van der Waals surface area contributed by atoms with E-state index in [0.29, 0.717) is 11.5 Å². The predicted octanol–water partition coefficient (Wildman–Crippen LogP) is 5.88. The molecule has 1 N–H and O–H groups in total. The third-order valence-corrected chi connectivity index (χ3v) is 5.98. The summed E-state index contributed by atoms with van der Waals surface area (Å²) in [6, 6.07) is 5.33. The van der Waals surface area contributed by atoms with Gasteiger partial charge in [-0.15, -0.1) is 0 Å². The van der Waals surface area contributed by atoms with Crippen molar-refractivity contribution in [3.05, 3.63) is 47.3 Å². The topological polar surface area (TPSA) is 46.5 Å². The van der Waals surface area contributed by atoms with Crippen molar-refractivity contribution < 1.29 is 19.0 Å². The average molecular weight is 391 g/mol. The number of aliphatic hydroxyl groups is 1. The van der Waals surface area contributed by atoms with Gasteiger partial charge >= 0.3 is 5.97 Å². The van der Waals surface area contributed by atoms with Crippen molar-refractivity contribution in [2.45, 2.75) is 77.0 Å². The number of unbranched alkanes of at least 4 members (excludes halogenated alkanes) is 2. The van der Waals surface area contributed by atoms with Gasteiger partial charge in [-0.1, -0.05) is 51.3 Å². The van der Waals surface area contributed by atoms with E-state index in [1.54, 1.807) is 19.1 Å². The second kappa shape index (κ2) is 11.4. The second-order valence-corrected chi connectivity index (χ2v) is 8.25. The van der Waals surface area contributed by atoms with Crippen LogP contribution in [0.1, 0.15) is 88.2 Å². The molecule has 1 saturated carbocycles. The van der Waals surface area contributed by atoms with Crippen LogP contribution < -0.4 is 0 Å². The molecule has 0 bridgehead atoms. The van der Waals surface area contributed by atoms with Gasteiger partial charge in [0.2, 0.25) is 0 Å². The van der Waals surface area contributed by atoms with E-state index in [1.165, 1.54) is 38.5 Å². The zero-order chi connectivity index (χ0) is 20.5. The third-order valence-electron chi connectivity index (χ3n) is 5.98. The van der Waals surface area contributed by atoms with Crippen molar-refractivity contribution in [2.75, 3.05) is 13.2 Å². The van der Waals surface area contributed by atoms with Crippen molar-refractivity contribution >= 4 is 5.97 Å². The van der Waals surface area contributed by atoms with Gasteiger partial charge in [0.25, 0.3) is 0 Å². The first-order valence-corrected chi connectivity index (χ1v) is 10.7. The lowest BCUT2D eigenvalue weighted by molar-refractivity contribution is -0.139. The molecule has 3 nitrogen and oxygen atoms in total. The van der Waals surface area contributed by atoms with Crippen LogP contribution in [0.15, 0.2) is 30.4 Å². The Labute approximate surface area is 169 Å². The Kier molecular flexibility index (Phi) is 9.17. The predicted molar refractivity (Wildman–Crippen MR) is 111 cm³/mol. The zero-order valence-corrected chi connectivity index (χ0v) is 17.4. The van der Waals surface area contributed by atoms with Crippen molar-refractivity contribution in [1.29, 1.82) is 0 Å². The summed E-state index contributed by atoms with van der Waals surface area (Å²) < 4.78 is 19.8. The molecule has 4 heteroatoms. The van der Waals surface area contributed by atoms with Gasteiger partial charge in [0, 0.05) is 11.5 Å². The molecule has 0 saturated heterocycles. The minimum absolute atomic E-state index is 0.0542. The van der Waals surface area contributed by atoms with Crippen LogP contribution in [-0.2, 0) is 9.53 Å². The highest BCUT2D eigenvalue weighted by Gasteiger charge is 2.24. The van der Waals surface area contributed by atoms with Crippen LogP contribution in [0.3, 0.4) is 0 Å². The van der Waals surface area contributed by atoms with E-state index in [1.807, 2.05) is 6.07 Å². The van der Waals surface area contributed by atoms with Crippen molar-refractivity contribution in [3.8, 4) is 0 Å². The number of hydrogen-bond donors (Lipinski definition) is 1. The molecule has 1 aliphatic carbocycles. The van der Waals surface area contributed by atoms with Crippen molar-refractivity contribution in [2.24, 2.45) is 5.92 Å². The van der Waals surface area contributed by atoms with Gasteiger partial charge < -0.3 is 9.84 Å². The molecule has 1 fully saturated rings. The molecule has 1 aliphatic rings. The summed E-state index contributed by atoms with van der Waals surface area (Å²) in [5.74, 6) is -0.167. The van der Waals surface area contributed by atoms with E-state index in [2.05, 4.69) is 13.5 Å². The fourth-order valence-electron chi connectivity index (χ4n) is 4.14. The molecule has 0 amide bonds. The Morgan fingerprint density at radius 2 is 2.00 bits per heavy atom. The maximum atomic E-state index is 14.7. The van der Waals surface area contributed by atoms with Crippen LogP contribution in [0.25, 0.3) is 0 Å². The van der Waals surface area contributed by atoms with Crippen LogP contribution in [0.2, 0.25) is 0 Å². The molecule has 1 atom stereocenters. The Morgan fingerprint density at radius 3 is 2.57 bits per heavy atom. The molecule has 1 aromatic carbocycles. The number of rotatable bonds is 10. The standard InChI is InChI=1S/C24H35FO3/c1-4-5-6-7-18-8-10-19(11-9-18)20-12-13-22(23(25)14-20)21(15-26)16-28-24(27)17(2)3/h12-14,18-19,21,26H,2,4-11,15-16H2,1,3H3. The molecule has 0 heterocycles. The number of aliphatic hydroxyl groups excluding tert-OH is 1. The molecule has 1 aromatic rings. The number of esters is 1.